The van der Waals surface area contributed by atoms with E-state index in [1.54, 1.807) is 4.57 Å². The Morgan fingerprint density at radius 1 is 1.37 bits per heavy atom. The summed E-state index contributed by atoms with van der Waals surface area (Å²) in [4.78, 5) is 10.6. The molecular formula is C11H10IN3O3S. The molecule has 100 valence electrons. The van der Waals surface area contributed by atoms with Gasteiger partial charge in [0.2, 0.25) is 0 Å². The van der Waals surface area contributed by atoms with Gasteiger partial charge in [-0.15, -0.1) is 10.2 Å². The molecule has 0 spiro atoms. The summed E-state index contributed by atoms with van der Waals surface area (Å²) < 4.78 is 2.64. The summed E-state index contributed by atoms with van der Waals surface area (Å²) in [6.07, 6.45) is 0. The minimum atomic E-state index is -0.923. The van der Waals surface area contributed by atoms with Gasteiger partial charge in [-0.25, -0.2) is 0 Å². The van der Waals surface area contributed by atoms with Crippen LogP contribution < -0.4 is 0 Å². The zero-order valence-corrected chi connectivity index (χ0v) is 12.6. The average Bonchev–Trinajstić information content (AvgIpc) is 2.79. The number of rotatable bonds is 5. The van der Waals surface area contributed by atoms with Crippen molar-refractivity contribution in [1.29, 1.82) is 0 Å². The Kier molecular flexibility index (Phi) is 4.77. The maximum atomic E-state index is 10.6. The molecule has 0 fully saturated rings. The Bertz CT molecular complexity index is 603. The lowest BCUT2D eigenvalue weighted by Crippen LogP contribution is -2.06. The average molecular weight is 391 g/mol. The highest BCUT2D eigenvalue weighted by molar-refractivity contribution is 14.1. The van der Waals surface area contributed by atoms with E-state index in [2.05, 4.69) is 32.8 Å². The minimum absolute atomic E-state index is 0.104. The van der Waals surface area contributed by atoms with E-state index in [1.807, 2.05) is 24.3 Å². The van der Waals surface area contributed by atoms with Crippen LogP contribution in [0.25, 0.3) is 5.69 Å². The van der Waals surface area contributed by atoms with Crippen LogP contribution in [0.1, 0.15) is 5.82 Å². The Morgan fingerprint density at radius 3 is 2.74 bits per heavy atom. The molecule has 0 amide bonds. The number of aliphatic hydroxyl groups is 1. The topological polar surface area (TPSA) is 88.2 Å². The van der Waals surface area contributed by atoms with Crippen molar-refractivity contribution in [3.8, 4) is 5.69 Å². The highest BCUT2D eigenvalue weighted by Crippen LogP contribution is 2.25. The van der Waals surface area contributed by atoms with Gasteiger partial charge < -0.3 is 10.2 Å². The summed E-state index contributed by atoms with van der Waals surface area (Å²) in [5.41, 5.74) is 0.824. The Hall–Kier alpha value is -1.13. The van der Waals surface area contributed by atoms with Gasteiger partial charge in [0.15, 0.2) is 11.0 Å². The molecule has 0 aliphatic carbocycles. The van der Waals surface area contributed by atoms with Crippen molar-refractivity contribution in [2.45, 2.75) is 11.8 Å². The highest BCUT2D eigenvalue weighted by atomic mass is 127. The Labute approximate surface area is 127 Å². The van der Waals surface area contributed by atoms with Gasteiger partial charge in [0.05, 0.1) is 11.4 Å². The molecule has 0 saturated carbocycles. The third kappa shape index (κ3) is 3.25. The molecule has 0 bridgehead atoms. The fourth-order valence-corrected chi connectivity index (χ4v) is 2.81. The van der Waals surface area contributed by atoms with Crippen LogP contribution in [-0.4, -0.2) is 36.7 Å². The lowest BCUT2D eigenvalue weighted by atomic mass is 10.3. The van der Waals surface area contributed by atoms with Crippen molar-refractivity contribution < 1.29 is 15.0 Å². The number of thioether (sulfide) groups is 1. The van der Waals surface area contributed by atoms with Crippen LogP contribution in [0, 0.1) is 3.57 Å². The number of aliphatic hydroxyl groups excluding tert-OH is 1. The van der Waals surface area contributed by atoms with Crippen LogP contribution in [0.15, 0.2) is 29.4 Å². The molecule has 8 heteroatoms. The molecule has 6 nitrogen and oxygen atoms in total. The first-order valence-corrected chi connectivity index (χ1v) is 7.34. The van der Waals surface area contributed by atoms with Crippen LogP contribution in [-0.2, 0) is 11.4 Å². The molecule has 0 saturated heterocycles. The molecule has 0 unspecified atom stereocenters. The molecule has 0 radical (unpaired) electrons. The van der Waals surface area contributed by atoms with E-state index in [0.29, 0.717) is 11.0 Å². The number of hydrogen-bond acceptors (Lipinski definition) is 5. The van der Waals surface area contributed by atoms with E-state index in [9.17, 15) is 9.90 Å². The molecule has 2 rings (SSSR count). The zero-order chi connectivity index (χ0) is 13.8. The van der Waals surface area contributed by atoms with E-state index in [4.69, 9.17) is 5.11 Å². The third-order valence-corrected chi connectivity index (χ3v) is 4.09. The zero-order valence-electron chi connectivity index (χ0n) is 9.65. The molecule has 0 aliphatic heterocycles. The first kappa shape index (κ1) is 14.3. The second kappa shape index (κ2) is 6.35. The van der Waals surface area contributed by atoms with Crippen molar-refractivity contribution in [3.63, 3.8) is 0 Å². The maximum Gasteiger partial charge on any atom is 0.313 e. The van der Waals surface area contributed by atoms with Gasteiger partial charge >= 0.3 is 5.97 Å². The van der Waals surface area contributed by atoms with E-state index in [0.717, 1.165) is 21.0 Å². The van der Waals surface area contributed by atoms with Crippen molar-refractivity contribution in [3.05, 3.63) is 33.7 Å². The van der Waals surface area contributed by atoms with Crippen LogP contribution in [0.2, 0.25) is 0 Å². The van der Waals surface area contributed by atoms with Crippen molar-refractivity contribution in [1.82, 2.24) is 14.8 Å². The summed E-state index contributed by atoms with van der Waals surface area (Å²) >= 11 is 3.24. The second-order valence-electron chi connectivity index (χ2n) is 3.53. The van der Waals surface area contributed by atoms with Gasteiger partial charge in [-0.05, 0) is 34.7 Å². The number of benzene rings is 1. The molecule has 19 heavy (non-hydrogen) atoms. The number of hydrogen-bond donors (Lipinski definition) is 2. The summed E-state index contributed by atoms with van der Waals surface area (Å²) in [6.45, 7) is -0.258. The summed E-state index contributed by atoms with van der Waals surface area (Å²) in [5.74, 6) is -0.641. The SMILES string of the molecule is O=C(O)CSc1nnc(CO)n1-c1ccccc1I. The van der Waals surface area contributed by atoms with Crippen molar-refractivity contribution >= 4 is 40.3 Å². The standard InChI is InChI=1S/C11H10IN3O3S/c12-7-3-1-2-4-8(7)15-9(5-16)13-14-11(15)19-6-10(17)18/h1-4,16H,5-6H2,(H,17,18). The minimum Gasteiger partial charge on any atom is -0.481 e. The van der Waals surface area contributed by atoms with Gasteiger partial charge in [-0.3, -0.25) is 9.36 Å². The fraction of sp³-hybridized carbons (Fsp3) is 0.182. The van der Waals surface area contributed by atoms with E-state index in [1.165, 1.54) is 0 Å². The number of aliphatic carboxylic acids is 1. The van der Waals surface area contributed by atoms with Gasteiger partial charge in [0.25, 0.3) is 0 Å². The first-order chi connectivity index (χ1) is 9.13. The number of carboxylic acid groups (broad SMARTS) is 1. The smallest absolute Gasteiger partial charge is 0.313 e. The largest absolute Gasteiger partial charge is 0.481 e. The van der Waals surface area contributed by atoms with Crippen molar-refractivity contribution in [2.75, 3.05) is 5.75 Å². The molecule has 0 aliphatic rings. The third-order valence-electron chi connectivity index (χ3n) is 2.26. The molecular weight excluding hydrogens is 381 g/mol. The molecule has 1 aromatic heterocycles. The van der Waals surface area contributed by atoms with Gasteiger partial charge in [0, 0.05) is 3.57 Å². The summed E-state index contributed by atoms with van der Waals surface area (Å²) in [7, 11) is 0. The number of aromatic nitrogens is 3. The van der Waals surface area contributed by atoms with Gasteiger partial charge in [-0.1, -0.05) is 23.9 Å². The normalized spacial score (nSPS) is 10.6. The molecule has 1 heterocycles. The number of para-hydroxylation sites is 1. The predicted molar refractivity (Wildman–Crippen MR) is 78.4 cm³/mol. The van der Waals surface area contributed by atoms with Gasteiger partial charge in [-0.2, -0.15) is 0 Å². The van der Waals surface area contributed by atoms with Crippen LogP contribution in [0.5, 0.6) is 0 Å². The number of halogens is 1. The van der Waals surface area contributed by atoms with E-state index in [-0.39, 0.29) is 12.4 Å². The molecule has 0 atom stereocenters. The van der Waals surface area contributed by atoms with Crippen LogP contribution >= 0.6 is 34.4 Å². The highest BCUT2D eigenvalue weighted by Gasteiger charge is 2.16. The van der Waals surface area contributed by atoms with Crippen LogP contribution in [0.4, 0.5) is 0 Å². The van der Waals surface area contributed by atoms with E-state index >= 15 is 0 Å². The summed E-state index contributed by atoms with van der Waals surface area (Å²) in [5, 5.41) is 26.3. The fourth-order valence-electron chi connectivity index (χ4n) is 1.50. The molecule has 2 aromatic rings. The quantitative estimate of drug-likeness (QED) is 0.594. The monoisotopic (exact) mass is 391 g/mol. The molecule has 1 aromatic carbocycles. The first-order valence-electron chi connectivity index (χ1n) is 5.28. The number of carbonyl (C=O) groups is 1. The lowest BCUT2D eigenvalue weighted by Gasteiger charge is -2.10. The van der Waals surface area contributed by atoms with E-state index < -0.39 is 5.97 Å². The Morgan fingerprint density at radius 2 is 2.11 bits per heavy atom. The summed E-state index contributed by atoms with van der Waals surface area (Å²) in [6, 6.07) is 7.56. The van der Waals surface area contributed by atoms with Crippen LogP contribution in [0.3, 0.4) is 0 Å². The lowest BCUT2D eigenvalue weighted by molar-refractivity contribution is -0.133. The van der Waals surface area contributed by atoms with Gasteiger partial charge in [0.1, 0.15) is 6.61 Å². The number of carboxylic acids is 1. The Balaban J connectivity index is 2.45. The van der Waals surface area contributed by atoms with Crippen molar-refractivity contribution in [2.24, 2.45) is 0 Å². The predicted octanol–water partition coefficient (Wildman–Crippen LogP) is 1.54. The molecule has 2 N–H and O–H groups in total. The maximum absolute atomic E-state index is 10.6. The number of nitrogens with zero attached hydrogens (tertiary/aromatic N) is 3. The second-order valence-corrected chi connectivity index (χ2v) is 5.63.